The number of para-hydroxylation sites is 1. The number of aromatic nitrogens is 2. The molecule has 1 heterocycles. The summed E-state index contributed by atoms with van der Waals surface area (Å²) in [4.78, 5) is 11.7. The lowest BCUT2D eigenvalue weighted by atomic mass is 10.2. The highest BCUT2D eigenvalue weighted by molar-refractivity contribution is 6.05. The second kappa shape index (κ2) is 4.06. The highest BCUT2D eigenvalue weighted by Crippen LogP contribution is 2.16. The maximum Gasteiger partial charge on any atom is 0.260 e. The molecule has 1 aromatic carbocycles. The van der Waals surface area contributed by atoms with Crippen LogP contribution in [0, 0.1) is 0 Å². The number of carbonyl (C=O) groups is 1. The average molecular weight is 217 g/mol. The molecule has 0 aliphatic carbocycles. The van der Waals surface area contributed by atoms with Crippen LogP contribution in [0.1, 0.15) is 10.4 Å². The van der Waals surface area contributed by atoms with E-state index >= 15 is 0 Å². The van der Waals surface area contributed by atoms with Gasteiger partial charge in [-0.3, -0.25) is 9.48 Å². The Morgan fingerprint density at radius 3 is 2.75 bits per heavy atom. The number of hydrogen-bond acceptors (Lipinski definition) is 3. The molecule has 1 amide bonds. The maximum atomic E-state index is 11.7. The van der Waals surface area contributed by atoms with Gasteiger partial charge in [0, 0.05) is 19.3 Å². The Hall–Kier alpha value is -2.30. The average Bonchev–Trinajstić information content (AvgIpc) is 2.64. The summed E-state index contributed by atoms with van der Waals surface area (Å²) < 4.78 is 1.58. The van der Waals surface area contributed by atoms with Crippen LogP contribution >= 0.6 is 0 Å². The molecular formula is C11H11N3O2. The molecule has 0 aliphatic heterocycles. The molecule has 0 fully saturated rings. The van der Waals surface area contributed by atoms with E-state index in [9.17, 15) is 9.90 Å². The van der Waals surface area contributed by atoms with Gasteiger partial charge in [0.05, 0.1) is 5.56 Å². The Morgan fingerprint density at radius 1 is 1.38 bits per heavy atom. The van der Waals surface area contributed by atoms with Crippen LogP contribution in [0.15, 0.2) is 36.5 Å². The molecule has 0 unspecified atom stereocenters. The Morgan fingerprint density at radius 2 is 2.12 bits per heavy atom. The smallest absolute Gasteiger partial charge is 0.260 e. The number of carbonyl (C=O) groups excluding carboxylic acids is 1. The first kappa shape index (κ1) is 10.2. The molecule has 82 valence electrons. The summed E-state index contributed by atoms with van der Waals surface area (Å²) in [6.07, 6.45) is 1.72. The summed E-state index contributed by atoms with van der Waals surface area (Å²) >= 11 is 0. The standard InChI is InChI=1S/C11H11N3O2/c1-14-7-6-10(13-14)12-11(16)8-4-2-3-5-9(8)15/h2-7,15H,1H3,(H,12,13,16). The fourth-order valence-electron chi connectivity index (χ4n) is 1.33. The van der Waals surface area contributed by atoms with E-state index < -0.39 is 0 Å². The predicted molar refractivity (Wildman–Crippen MR) is 59.3 cm³/mol. The molecule has 2 aromatic rings. The Kier molecular flexibility index (Phi) is 2.59. The number of phenols is 1. The molecular weight excluding hydrogens is 206 g/mol. The van der Waals surface area contributed by atoms with Gasteiger partial charge in [0.1, 0.15) is 5.75 Å². The molecule has 0 radical (unpaired) electrons. The molecule has 0 atom stereocenters. The first-order valence-electron chi connectivity index (χ1n) is 4.76. The molecule has 0 spiro atoms. The summed E-state index contributed by atoms with van der Waals surface area (Å²) in [7, 11) is 1.76. The van der Waals surface area contributed by atoms with Crippen molar-refractivity contribution in [3.63, 3.8) is 0 Å². The number of amides is 1. The van der Waals surface area contributed by atoms with Crippen molar-refractivity contribution in [2.75, 3.05) is 5.32 Å². The molecule has 0 aliphatic rings. The molecule has 16 heavy (non-hydrogen) atoms. The normalized spacial score (nSPS) is 10.1. The van der Waals surface area contributed by atoms with E-state index in [0.717, 1.165) is 0 Å². The number of hydrogen-bond donors (Lipinski definition) is 2. The zero-order valence-electron chi connectivity index (χ0n) is 8.71. The number of benzene rings is 1. The molecule has 1 aromatic heterocycles. The molecule has 2 rings (SSSR count). The molecule has 0 saturated carbocycles. The molecule has 5 nitrogen and oxygen atoms in total. The third-order valence-electron chi connectivity index (χ3n) is 2.10. The van der Waals surface area contributed by atoms with E-state index in [1.165, 1.54) is 6.07 Å². The van der Waals surface area contributed by atoms with Crippen molar-refractivity contribution >= 4 is 11.7 Å². The second-order valence-corrected chi connectivity index (χ2v) is 3.35. The third-order valence-corrected chi connectivity index (χ3v) is 2.10. The van der Waals surface area contributed by atoms with Crippen LogP contribution in [0.5, 0.6) is 5.75 Å². The van der Waals surface area contributed by atoms with Gasteiger partial charge in [0.25, 0.3) is 5.91 Å². The zero-order chi connectivity index (χ0) is 11.5. The minimum Gasteiger partial charge on any atom is -0.507 e. The van der Waals surface area contributed by atoms with Crippen molar-refractivity contribution in [1.29, 1.82) is 0 Å². The fraction of sp³-hybridized carbons (Fsp3) is 0.0909. The Bertz CT molecular complexity index is 519. The minimum absolute atomic E-state index is 0.0454. The van der Waals surface area contributed by atoms with Crippen LogP contribution < -0.4 is 5.32 Å². The van der Waals surface area contributed by atoms with Crippen LogP contribution in [0.4, 0.5) is 5.82 Å². The van der Waals surface area contributed by atoms with Crippen molar-refractivity contribution in [2.24, 2.45) is 7.05 Å². The lowest BCUT2D eigenvalue weighted by molar-refractivity contribution is 0.102. The lowest BCUT2D eigenvalue weighted by Gasteiger charge is -2.03. The summed E-state index contributed by atoms with van der Waals surface area (Å²) in [6, 6.07) is 8.04. The van der Waals surface area contributed by atoms with Gasteiger partial charge in [-0.05, 0) is 12.1 Å². The number of aromatic hydroxyl groups is 1. The van der Waals surface area contributed by atoms with Gasteiger partial charge in [0.15, 0.2) is 5.82 Å². The van der Waals surface area contributed by atoms with Crippen molar-refractivity contribution in [3.05, 3.63) is 42.1 Å². The third kappa shape index (κ3) is 2.03. The van der Waals surface area contributed by atoms with Crippen LogP contribution in [-0.2, 0) is 7.05 Å². The maximum absolute atomic E-state index is 11.7. The van der Waals surface area contributed by atoms with E-state index in [4.69, 9.17) is 0 Å². The minimum atomic E-state index is -0.378. The second-order valence-electron chi connectivity index (χ2n) is 3.35. The van der Waals surface area contributed by atoms with E-state index in [-0.39, 0.29) is 17.2 Å². The van der Waals surface area contributed by atoms with Gasteiger partial charge in [-0.1, -0.05) is 12.1 Å². The number of nitrogens with zero attached hydrogens (tertiary/aromatic N) is 2. The van der Waals surface area contributed by atoms with Crippen LogP contribution in [0.3, 0.4) is 0 Å². The molecule has 2 N–H and O–H groups in total. The summed E-state index contributed by atoms with van der Waals surface area (Å²) in [5, 5.41) is 16.1. The molecule has 5 heteroatoms. The van der Waals surface area contributed by atoms with Gasteiger partial charge in [-0.25, -0.2) is 0 Å². The van der Waals surface area contributed by atoms with Crippen LogP contribution in [0.2, 0.25) is 0 Å². The van der Waals surface area contributed by atoms with Gasteiger partial charge in [-0.15, -0.1) is 0 Å². The quantitative estimate of drug-likeness (QED) is 0.798. The summed E-state index contributed by atoms with van der Waals surface area (Å²) in [5.74, 6) is 0.0310. The number of rotatable bonds is 2. The lowest BCUT2D eigenvalue weighted by Crippen LogP contribution is -2.12. The Labute approximate surface area is 92.3 Å². The Balaban J connectivity index is 2.18. The SMILES string of the molecule is Cn1ccc(NC(=O)c2ccccc2O)n1. The van der Waals surface area contributed by atoms with E-state index in [2.05, 4.69) is 10.4 Å². The van der Waals surface area contributed by atoms with Crippen LogP contribution in [-0.4, -0.2) is 20.8 Å². The van der Waals surface area contributed by atoms with E-state index in [1.807, 2.05) is 0 Å². The van der Waals surface area contributed by atoms with Gasteiger partial charge in [-0.2, -0.15) is 5.10 Å². The number of nitrogens with one attached hydrogen (secondary N) is 1. The molecule has 0 bridgehead atoms. The summed E-state index contributed by atoms with van der Waals surface area (Å²) in [6.45, 7) is 0. The fourth-order valence-corrected chi connectivity index (χ4v) is 1.33. The monoisotopic (exact) mass is 217 g/mol. The number of aryl methyl sites for hydroxylation is 1. The largest absolute Gasteiger partial charge is 0.507 e. The number of phenolic OH excluding ortho intramolecular Hbond substituents is 1. The predicted octanol–water partition coefficient (Wildman–Crippen LogP) is 1.38. The topological polar surface area (TPSA) is 67.2 Å². The van der Waals surface area contributed by atoms with E-state index in [1.54, 1.807) is 42.2 Å². The van der Waals surface area contributed by atoms with Gasteiger partial charge >= 0.3 is 0 Å². The summed E-state index contributed by atoms with van der Waals surface area (Å²) in [5.41, 5.74) is 0.230. The molecule has 0 saturated heterocycles. The highest BCUT2D eigenvalue weighted by Gasteiger charge is 2.11. The first-order chi connectivity index (χ1) is 7.66. The van der Waals surface area contributed by atoms with E-state index in [0.29, 0.717) is 5.82 Å². The van der Waals surface area contributed by atoms with Crippen molar-refractivity contribution in [2.45, 2.75) is 0 Å². The highest BCUT2D eigenvalue weighted by atomic mass is 16.3. The zero-order valence-corrected chi connectivity index (χ0v) is 8.71. The van der Waals surface area contributed by atoms with Gasteiger partial charge in [0.2, 0.25) is 0 Å². The number of anilines is 1. The van der Waals surface area contributed by atoms with Crippen molar-refractivity contribution in [3.8, 4) is 5.75 Å². The van der Waals surface area contributed by atoms with Crippen LogP contribution in [0.25, 0.3) is 0 Å². The van der Waals surface area contributed by atoms with Crippen molar-refractivity contribution < 1.29 is 9.90 Å². The first-order valence-corrected chi connectivity index (χ1v) is 4.76. The van der Waals surface area contributed by atoms with Gasteiger partial charge < -0.3 is 10.4 Å². The van der Waals surface area contributed by atoms with Crippen molar-refractivity contribution in [1.82, 2.24) is 9.78 Å².